The van der Waals surface area contributed by atoms with Gasteiger partial charge in [-0.2, -0.15) is 11.3 Å². The largest absolute Gasteiger partial charge is 0.381 e. The Hall–Kier alpha value is -0.380. The van der Waals surface area contributed by atoms with E-state index in [2.05, 4.69) is 42.9 Å². The van der Waals surface area contributed by atoms with Gasteiger partial charge in [0, 0.05) is 19.3 Å². The zero-order valence-electron chi connectivity index (χ0n) is 10.5. The maximum absolute atomic E-state index is 5.53. The highest BCUT2D eigenvalue weighted by Gasteiger charge is 2.03. The molecule has 0 bridgehead atoms. The van der Waals surface area contributed by atoms with E-state index in [1.54, 1.807) is 11.3 Å². The lowest BCUT2D eigenvalue weighted by Crippen LogP contribution is -2.20. The van der Waals surface area contributed by atoms with Crippen LogP contribution in [-0.4, -0.2) is 19.8 Å². The van der Waals surface area contributed by atoms with Crippen LogP contribution in [0.4, 0.5) is 0 Å². The molecular weight excluding hydrogens is 218 g/mol. The lowest BCUT2D eigenvalue weighted by atomic mass is 10.2. The number of hydrogen-bond acceptors (Lipinski definition) is 3. The fourth-order valence-corrected chi connectivity index (χ4v) is 2.21. The number of rotatable bonds is 8. The Kier molecular flexibility index (Phi) is 6.69. The summed E-state index contributed by atoms with van der Waals surface area (Å²) >= 11 is 1.75. The Balaban J connectivity index is 1.99. The molecule has 3 heteroatoms. The lowest BCUT2D eigenvalue weighted by molar-refractivity contribution is 0.107. The van der Waals surface area contributed by atoms with Crippen LogP contribution >= 0.6 is 11.3 Å². The first-order chi connectivity index (χ1) is 7.70. The van der Waals surface area contributed by atoms with Gasteiger partial charge in [0.1, 0.15) is 0 Å². The molecule has 0 saturated heterocycles. The Bertz CT molecular complexity index is 259. The SMILES string of the molecule is CC(C)COCCCNC(C)c1ccsc1. The molecule has 0 radical (unpaired) electrons. The van der Waals surface area contributed by atoms with E-state index in [4.69, 9.17) is 4.74 Å². The molecule has 0 aliphatic rings. The minimum absolute atomic E-state index is 0.455. The van der Waals surface area contributed by atoms with Crippen LogP contribution in [0.1, 0.15) is 38.8 Å². The molecule has 0 saturated carbocycles. The van der Waals surface area contributed by atoms with E-state index in [1.807, 2.05) is 0 Å². The van der Waals surface area contributed by atoms with E-state index < -0.39 is 0 Å². The molecule has 16 heavy (non-hydrogen) atoms. The van der Waals surface area contributed by atoms with Crippen LogP contribution in [0.25, 0.3) is 0 Å². The molecule has 0 aliphatic carbocycles. The minimum atomic E-state index is 0.455. The number of nitrogens with one attached hydrogen (secondary N) is 1. The molecular formula is C13H23NOS. The summed E-state index contributed by atoms with van der Waals surface area (Å²) in [5.74, 6) is 0.637. The second-order valence-electron chi connectivity index (χ2n) is 4.55. The summed E-state index contributed by atoms with van der Waals surface area (Å²) in [6.07, 6.45) is 1.08. The van der Waals surface area contributed by atoms with Crippen molar-refractivity contribution in [3.05, 3.63) is 22.4 Å². The first-order valence-electron chi connectivity index (χ1n) is 6.03. The van der Waals surface area contributed by atoms with Crippen molar-refractivity contribution in [3.8, 4) is 0 Å². The summed E-state index contributed by atoms with van der Waals surface area (Å²) in [5.41, 5.74) is 1.38. The van der Waals surface area contributed by atoms with Crippen molar-refractivity contribution in [2.45, 2.75) is 33.2 Å². The average molecular weight is 241 g/mol. The zero-order valence-corrected chi connectivity index (χ0v) is 11.3. The van der Waals surface area contributed by atoms with Gasteiger partial charge in [0.05, 0.1) is 0 Å². The fourth-order valence-electron chi connectivity index (χ4n) is 1.45. The molecule has 1 heterocycles. The van der Waals surface area contributed by atoms with Gasteiger partial charge >= 0.3 is 0 Å². The van der Waals surface area contributed by atoms with Crippen LogP contribution in [0.2, 0.25) is 0 Å². The second kappa shape index (κ2) is 7.82. The Morgan fingerprint density at radius 1 is 1.38 bits per heavy atom. The minimum Gasteiger partial charge on any atom is -0.381 e. The Labute approximate surface area is 103 Å². The molecule has 1 N–H and O–H groups in total. The monoisotopic (exact) mass is 241 g/mol. The summed E-state index contributed by atoms with van der Waals surface area (Å²) in [5, 5.41) is 7.83. The van der Waals surface area contributed by atoms with Gasteiger partial charge in [-0.15, -0.1) is 0 Å². The smallest absolute Gasteiger partial charge is 0.0489 e. The molecule has 1 unspecified atom stereocenters. The highest BCUT2D eigenvalue weighted by molar-refractivity contribution is 7.07. The van der Waals surface area contributed by atoms with Gasteiger partial charge in [-0.1, -0.05) is 13.8 Å². The van der Waals surface area contributed by atoms with Gasteiger partial charge in [-0.3, -0.25) is 0 Å². The van der Waals surface area contributed by atoms with Crippen molar-refractivity contribution in [2.75, 3.05) is 19.8 Å². The summed E-state index contributed by atoms with van der Waals surface area (Å²) in [6, 6.07) is 2.63. The summed E-state index contributed by atoms with van der Waals surface area (Å²) < 4.78 is 5.53. The van der Waals surface area contributed by atoms with Gasteiger partial charge in [0.2, 0.25) is 0 Å². The predicted molar refractivity (Wildman–Crippen MR) is 71.0 cm³/mol. The molecule has 1 rings (SSSR count). The van der Waals surface area contributed by atoms with Gasteiger partial charge in [-0.25, -0.2) is 0 Å². The average Bonchev–Trinajstić information content (AvgIpc) is 2.75. The molecule has 1 aromatic heterocycles. The van der Waals surface area contributed by atoms with Crippen molar-refractivity contribution in [2.24, 2.45) is 5.92 Å². The second-order valence-corrected chi connectivity index (χ2v) is 5.33. The molecule has 2 nitrogen and oxygen atoms in total. The first-order valence-corrected chi connectivity index (χ1v) is 6.97. The highest BCUT2D eigenvalue weighted by Crippen LogP contribution is 2.15. The van der Waals surface area contributed by atoms with Crippen LogP contribution in [0.5, 0.6) is 0 Å². The Morgan fingerprint density at radius 2 is 2.19 bits per heavy atom. The van der Waals surface area contributed by atoms with Crippen molar-refractivity contribution in [3.63, 3.8) is 0 Å². The molecule has 0 aliphatic heterocycles. The van der Waals surface area contributed by atoms with Gasteiger partial charge < -0.3 is 10.1 Å². The normalized spacial score (nSPS) is 13.2. The lowest BCUT2D eigenvalue weighted by Gasteiger charge is -2.12. The quantitative estimate of drug-likeness (QED) is 0.704. The molecule has 1 aromatic rings. The van der Waals surface area contributed by atoms with E-state index in [1.165, 1.54) is 5.56 Å². The van der Waals surface area contributed by atoms with Crippen LogP contribution in [0.15, 0.2) is 16.8 Å². The van der Waals surface area contributed by atoms with Crippen molar-refractivity contribution in [1.82, 2.24) is 5.32 Å². The molecule has 0 fully saturated rings. The third-order valence-electron chi connectivity index (χ3n) is 2.41. The van der Waals surface area contributed by atoms with E-state index in [0.717, 1.165) is 26.2 Å². The summed E-state index contributed by atoms with van der Waals surface area (Å²) in [6.45, 7) is 9.32. The van der Waals surface area contributed by atoms with Gasteiger partial charge in [0.25, 0.3) is 0 Å². The van der Waals surface area contributed by atoms with Crippen LogP contribution < -0.4 is 5.32 Å². The number of ether oxygens (including phenoxy) is 1. The van der Waals surface area contributed by atoms with Gasteiger partial charge in [0.15, 0.2) is 0 Å². The fraction of sp³-hybridized carbons (Fsp3) is 0.692. The maximum atomic E-state index is 5.53. The van der Waals surface area contributed by atoms with E-state index in [9.17, 15) is 0 Å². The van der Waals surface area contributed by atoms with E-state index in [0.29, 0.717) is 12.0 Å². The number of hydrogen-bond donors (Lipinski definition) is 1. The maximum Gasteiger partial charge on any atom is 0.0489 e. The van der Waals surface area contributed by atoms with Gasteiger partial charge in [-0.05, 0) is 48.2 Å². The summed E-state index contributed by atoms with van der Waals surface area (Å²) in [4.78, 5) is 0. The molecule has 0 amide bonds. The highest BCUT2D eigenvalue weighted by atomic mass is 32.1. The molecule has 1 atom stereocenters. The topological polar surface area (TPSA) is 21.3 Å². The van der Waals surface area contributed by atoms with Crippen molar-refractivity contribution >= 4 is 11.3 Å². The molecule has 0 spiro atoms. The zero-order chi connectivity index (χ0) is 11.8. The molecule has 92 valence electrons. The van der Waals surface area contributed by atoms with Crippen LogP contribution in [0, 0.1) is 5.92 Å². The predicted octanol–water partition coefficient (Wildman–Crippen LogP) is 3.46. The molecule has 0 aromatic carbocycles. The third-order valence-corrected chi connectivity index (χ3v) is 3.11. The first kappa shape index (κ1) is 13.7. The van der Waals surface area contributed by atoms with Crippen LogP contribution in [0.3, 0.4) is 0 Å². The van der Waals surface area contributed by atoms with Crippen LogP contribution in [-0.2, 0) is 4.74 Å². The van der Waals surface area contributed by atoms with Crippen molar-refractivity contribution < 1.29 is 4.74 Å². The summed E-state index contributed by atoms with van der Waals surface area (Å²) in [7, 11) is 0. The van der Waals surface area contributed by atoms with E-state index in [-0.39, 0.29) is 0 Å². The standard InChI is InChI=1S/C13H23NOS/c1-11(2)9-15-7-4-6-14-12(3)13-5-8-16-10-13/h5,8,10-12,14H,4,6-7,9H2,1-3H3. The number of thiophene rings is 1. The van der Waals surface area contributed by atoms with Crippen molar-refractivity contribution in [1.29, 1.82) is 0 Å². The Morgan fingerprint density at radius 3 is 2.81 bits per heavy atom. The third kappa shape index (κ3) is 5.64. The van der Waals surface area contributed by atoms with E-state index >= 15 is 0 Å².